The Labute approximate surface area is 146 Å². The van der Waals surface area contributed by atoms with E-state index in [1.165, 1.54) is 24.0 Å². The Kier molecular flexibility index (Phi) is 6.24. The van der Waals surface area contributed by atoms with Crippen molar-refractivity contribution >= 4 is 15.6 Å². The maximum atomic E-state index is 12.1. The summed E-state index contributed by atoms with van der Waals surface area (Å²) in [4.78, 5) is 12.1. The van der Waals surface area contributed by atoms with Gasteiger partial charge in [0, 0.05) is 12.8 Å². The van der Waals surface area contributed by atoms with Crippen LogP contribution in [0.2, 0.25) is 0 Å². The van der Waals surface area contributed by atoms with Crippen molar-refractivity contribution in [3.8, 4) is 0 Å². The van der Waals surface area contributed by atoms with Gasteiger partial charge in [-0.1, -0.05) is 24.6 Å². The molecule has 24 heavy (non-hydrogen) atoms. The Bertz CT molecular complexity index is 681. The third-order valence-electron chi connectivity index (χ3n) is 4.87. The van der Waals surface area contributed by atoms with Gasteiger partial charge in [0.2, 0.25) is 0 Å². The number of rotatable bonds is 8. The molecule has 0 aliphatic heterocycles. The molecule has 0 heterocycles. The highest BCUT2D eigenvalue weighted by molar-refractivity contribution is 7.92. The number of hydrogen-bond donors (Lipinski definition) is 0. The average molecular weight is 351 g/mol. The first-order valence-electron chi connectivity index (χ1n) is 9.04. The SMILES string of the molecule is CC(C)(C)S(=O)(=O)CCCCCC(=O)Cc1ccc2c(c1)CCC2. The number of sulfone groups is 1. The lowest BCUT2D eigenvalue weighted by atomic mass is 10.0. The van der Waals surface area contributed by atoms with Crippen LogP contribution in [-0.2, 0) is 33.9 Å². The predicted octanol–water partition coefficient (Wildman–Crippen LogP) is 4.06. The van der Waals surface area contributed by atoms with Gasteiger partial charge < -0.3 is 0 Å². The fourth-order valence-corrected chi connectivity index (χ4v) is 4.34. The Hall–Kier alpha value is -1.16. The second-order valence-electron chi connectivity index (χ2n) is 7.91. The quantitative estimate of drug-likeness (QED) is 0.664. The molecule has 2 rings (SSSR count). The van der Waals surface area contributed by atoms with Crippen molar-refractivity contribution in [1.29, 1.82) is 0 Å². The average Bonchev–Trinajstić information content (AvgIpc) is 2.93. The van der Waals surface area contributed by atoms with E-state index in [0.717, 1.165) is 24.8 Å². The van der Waals surface area contributed by atoms with Crippen LogP contribution in [0.3, 0.4) is 0 Å². The molecule has 134 valence electrons. The summed E-state index contributed by atoms with van der Waals surface area (Å²) in [5, 5.41) is 0. The van der Waals surface area contributed by atoms with E-state index < -0.39 is 14.6 Å². The maximum Gasteiger partial charge on any atom is 0.155 e. The highest BCUT2D eigenvalue weighted by Gasteiger charge is 2.27. The normalized spacial score (nSPS) is 14.6. The zero-order chi connectivity index (χ0) is 17.8. The number of aryl methyl sites for hydroxylation is 2. The van der Waals surface area contributed by atoms with Crippen LogP contribution in [0.1, 0.15) is 69.6 Å². The third-order valence-corrected chi connectivity index (χ3v) is 7.56. The number of ketones is 1. The second kappa shape index (κ2) is 7.81. The minimum atomic E-state index is -3.04. The van der Waals surface area contributed by atoms with Gasteiger partial charge in [-0.05, 0) is 69.6 Å². The molecule has 1 aliphatic carbocycles. The van der Waals surface area contributed by atoms with Gasteiger partial charge >= 0.3 is 0 Å². The van der Waals surface area contributed by atoms with E-state index in [9.17, 15) is 13.2 Å². The first-order valence-corrected chi connectivity index (χ1v) is 10.7. The number of fused-ring (bicyclic) bond motifs is 1. The molecule has 1 aliphatic rings. The highest BCUT2D eigenvalue weighted by Crippen LogP contribution is 2.23. The van der Waals surface area contributed by atoms with Crippen LogP contribution in [0.15, 0.2) is 18.2 Å². The minimum Gasteiger partial charge on any atom is -0.299 e. The van der Waals surface area contributed by atoms with E-state index >= 15 is 0 Å². The molecule has 3 nitrogen and oxygen atoms in total. The first-order chi connectivity index (χ1) is 11.2. The first kappa shape index (κ1) is 19.2. The smallest absolute Gasteiger partial charge is 0.155 e. The molecule has 0 unspecified atom stereocenters. The van der Waals surface area contributed by atoms with Gasteiger partial charge in [0.1, 0.15) is 5.78 Å². The summed E-state index contributed by atoms with van der Waals surface area (Å²) in [7, 11) is -3.04. The zero-order valence-electron chi connectivity index (χ0n) is 15.2. The van der Waals surface area contributed by atoms with Crippen LogP contribution in [0, 0.1) is 0 Å². The van der Waals surface area contributed by atoms with Crippen molar-refractivity contribution in [3.05, 3.63) is 34.9 Å². The zero-order valence-corrected chi connectivity index (χ0v) is 16.0. The summed E-state index contributed by atoms with van der Waals surface area (Å²) in [6, 6.07) is 6.44. The number of Topliss-reactive ketones (excluding diaryl/α,β-unsaturated/α-hetero) is 1. The molecular formula is C20H30O3S. The molecule has 0 bridgehead atoms. The van der Waals surface area contributed by atoms with Gasteiger partial charge in [-0.2, -0.15) is 0 Å². The fraction of sp³-hybridized carbons (Fsp3) is 0.650. The Morgan fingerprint density at radius 3 is 2.46 bits per heavy atom. The molecule has 0 spiro atoms. The van der Waals surface area contributed by atoms with Crippen LogP contribution in [0.5, 0.6) is 0 Å². The van der Waals surface area contributed by atoms with Gasteiger partial charge in [-0.3, -0.25) is 4.79 Å². The summed E-state index contributed by atoms with van der Waals surface area (Å²) in [6.07, 6.45) is 6.81. The molecule has 0 fully saturated rings. The van der Waals surface area contributed by atoms with E-state index in [-0.39, 0.29) is 11.5 Å². The van der Waals surface area contributed by atoms with E-state index in [4.69, 9.17) is 0 Å². The summed E-state index contributed by atoms with van der Waals surface area (Å²) in [5.41, 5.74) is 3.97. The lowest BCUT2D eigenvalue weighted by Gasteiger charge is -2.18. The lowest BCUT2D eigenvalue weighted by Crippen LogP contribution is -2.30. The number of hydrogen-bond acceptors (Lipinski definition) is 3. The van der Waals surface area contributed by atoms with Crippen molar-refractivity contribution in [2.45, 2.75) is 76.9 Å². The largest absolute Gasteiger partial charge is 0.299 e. The molecule has 1 aromatic rings. The monoisotopic (exact) mass is 350 g/mol. The number of carbonyl (C=O) groups excluding carboxylic acids is 1. The van der Waals surface area contributed by atoms with Gasteiger partial charge in [-0.15, -0.1) is 0 Å². The third kappa shape index (κ3) is 5.17. The van der Waals surface area contributed by atoms with Crippen molar-refractivity contribution < 1.29 is 13.2 Å². The molecule has 0 N–H and O–H groups in total. The topological polar surface area (TPSA) is 51.2 Å². The molecule has 0 aromatic heterocycles. The van der Waals surface area contributed by atoms with Crippen LogP contribution in [-0.4, -0.2) is 24.7 Å². The van der Waals surface area contributed by atoms with Crippen LogP contribution in [0.4, 0.5) is 0 Å². The molecule has 0 saturated heterocycles. The second-order valence-corrected chi connectivity index (χ2v) is 10.8. The molecular weight excluding hydrogens is 320 g/mol. The molecule has 0 saturated carbocycles. The van der Waals surface area contributed by atoms with Crippen molar-refractivity contribution in [3.63, 3.8) is 0 Å². The number of benzene rings is 1. The lowest BCUT2D eigenvalue weighted by molar-refractivity contribution is -0.118. The van der Waals surface area contributed by atoms with E-state index in [0.29, 0.717) is 19.3 Å². The van der Waals surface area contributed by atoms with E-state index in [2.05, 4.69) is 18.2 Å². The Morgan fingerprint density at radius 2 is 1.75 bits per heavy atom. The summed E-state index contributed by atoms with van der Waals surface area (Å²) in [6.45, 7) is 5.22. The van der Waals surface area contributed by atoms with Gasteiger partial charge in [0.25, 0.3) is 0 Å². The van der Waals surface area contributed by atoms with Crippen LogP contribution < -0.4 is 0 Å². The molecule has 0 amide bonds. The highest BCUT2D eigenvalue weighted by atomic mass is 32.2. The Balaban J connectivity index is 1.69. The minimum absolute atomic E-state index is 0.218. The number of carbonyl (C=O) groups is 1. The van der Waals surface area contributed by atoms with E-state index in [1.54, 1.807) is 20.8 Å². The molecule has 0 atom stereocenters. The maximum absolute atomic E-state index is 12.1. The summed E-state index contributed by atoms with van der Waals surface area (Å²) >= 11 is 0. The predicted molar refractivity (Wildman–Crippen MR) is 99.2 cm³/mol. The summed E-state index contributed by atoms with van der Waals surface area (Å²) in [5.74, 6) is 0.474. The Morgan fingerprint density at radius 1 is 1.04 bits per heavy atom. The van der Waals surface area contributed by atoms with Gasteiger partial charge in [0.15, 0.2) is 9.84 Å². The summed E-state index contributed by atoms with van der Waals surface area (Å²) < 4.78 is 23.3. The van der Waals surface area contributed by atoms with Crippen molar-refractivity contribution in [2.24, 2.45) is 0 Å². The van der Waals surface area contributed by atoms with Crippen molar-refractivity contribution in [1.82, 2.24) is 0 Å². The number of unbranched alkanes of at least 4 members (excludes halogenated alkanes) is 2. The van der Waals surface area contributed by atoms with Gasteiger partial charge in [-0.25, -0.2) is 8.42 Å². The molecule has 0 radical (unpaired) electrons. The van der Waals surface area contributed by atoms with Crippen molar-refractivity contribution in [2.75, 3.05) is 5.75 Å². The van der Waals surface area contributed by atoms with E-state index in [1.807, 2.05) is 0 Å². The standard InChI is InChI=1S/C20H30O3S/c1-20(2,3)24(22,23)13-6-4-5-10-19(21)15-16-11-12-17-8-7-9-18(17)14-16/h11-12,14H,4-10,13,15H2,1-3H3. The fourth-order valence-electron chi connectivity index (χ4n) is 3.15. The van der Waals surface area contributed by atoms with Crippen LogP contribution in [0.25, 0.3) is 0 Å². The van der Waals surface area contributed by atoms with Crippen LogP contribution >= 0.6 is 0 Å². The van der Waals surface area contributed by atoms with Gasteiger partial charge in [0.05, 0.1) is 10.5 Å². The molecule has 1 aromatic carbocycles. The molecule has 4 heteroatoms.